The summed E-state index contributed by atoms with van der Waals surface area (Å²) < 4.78 is 0. The lowest BCUT2D eigenvalue weighted by molar-refractivity contribution is 0.873. The Morgan fingerprint density at radius 1 is 1.36 bits per heavy atom. The van der Waals surface area contributed by atoms with Crippen molar-refractivity contribution >= 4 is 15.9 Å². The molecule has 60 valence electrons. The van der Waals surface area contributed by atoms with Gasteiger partial charge >= 0.3 is 0 Å². The molecule has 0 fully saturated rings. The average molecular weight is 214 g/mol. The lowest BCUT2D eigenvalue weighted by Gasteiger charge is -1.99. The molecule has 0 bridgehead atoms. The third-order valence-corrected chi connectivity index (χ3v) is 2.08. The van der Waals surface area contributed by atoms with Crippen LogP contribution in [0.5, 0.6) is 0 Å². The summed E-state index contributed by atoms with van der Waals surface area (Å²) in [6.45, 7) is 2.17. The second-order valence-electron chi connectivity index (χ2n) is 2.50. The first-order chi connectivity index (χ1) is 5.36. The zero-order valence-electron chi connectivity index (χ0n) is 6.68. The largest absolute Gasteiger partial charge is 0.257 e. The van der Waals surface area contributed by atoms with Crippen molar-refractivity contribution in [2.45, 2.75) is 25.1 Å². The van der Waals surface area contributed by atoms with E-state index in [1.54, 1.807) is 0 Å². The Kier molecular flexibility index (Phi) is 3.57. The Labute approximate surface area is 76.0 Å². The minimum absolute atomic E-state index is 0.852. The summed E-state index contributed by atoms with van der Waals surface area (Å²) in [5.74, 6) is 0. The van der Waals surface area contributed by atoms with E-state index in [0.29, 0.717) is 0 Å². The van der Waals surface area contributed by atoms with Gasteiger partial charge in [0.15, 0.2) is 0 Å². The van der Waals surface area contributed by atoms with Crippen LogP contribution in [0.15, 0.2) is 18.2 Å². The molecule has 0 aliphatic rings. The van der Waals surface area contributed by atoms with Crippen molar-refractivity contribution in [2.75, 3.05) is 0 Å². The predicted molar refractivity (Wildman–Crippen MR) is 50.9 cm³/mol. The summed E-state index contributed by atoms with van der Waals surface area (Å²) in [6, 6.07) is 6.18. The van der Waals surface area contributed by atoms with E-state index in [4.69, 9.17) is 0 Å². The molecule has 1 heterocycles. The number of rotatable bonds is 3. The lowest BCUT2D eigenvalue weighted by atomic mass is 10.2. The highest BCUT2D eigenvalue weighted by molar-refractivity contribution is 9.08. The summed E-state index contributed by atoms with van der Waals surface area (Å²) in [7, 11) is 0. The molecule has 1 rings (SSSR count). The first-order valence-electron chi connectivity index (χ1n) is 3.87. The number of aryl methyl sites for hydroxylation is 1. The van der Waals surface area contributed by atoms with Crippen LogP contribution >= 0.6 is 15.9 Å². The minimum atomic E-state index is 0.852. The molecule has 0 spiro atoms. The van der Waals surface area contributed by atoms with Gasteiger partial charge in [-0.15, -0.1) is 0 Å². The number of aromatic nitrogens is 1. The van der Waals surface area contributed by atoms with Crippen LogP contribution in [0.25, 0.3) is 0 Å². The number of hydrogen-bond acceptors (Lipinski definition) is 1. The van der Waals surface area contributed by atoms with E-state index in [2.05, 4.69) is 40.0 Å². The van der Waals surface area contributed by atoms with Crippen LogP contribution in [-0.2, 0) is 11.8 Å². The summed E-state index contributed by atoms with van der Waals surface area (Å²) in [5.41, 5.74) is 2.32. The molecule has 1 aromatic rings. The third kappa shape index (κ3) is 2.62. The van der Waals surface area contributed by atoms with Gasteiger partial charge < -0.3 is 0 Å². The molecular formula is C9H12BrN. The van der Waals surface area contributed by atoms with Crippen molar-refractivity contribution in [1.82, 2.24) is 4.98 Å². The van der Waals surface area contributed by atoms with E-state index in [0.717, 1.165) is 17.4 Å². The zero-order valence-corrected chi connectivity index (χ0v) is 8.26. The first kappa shape index (κ1) is 8.72. The SMILES string of the molecule is CCCc1cccc(CBr)n1. The topological polar surface area (TPSA) is 12.9 Å². The monoisotopic (exact) mass is 213 g/mol. The molecule has 1 nitrogen and oxygen atoms in total. The zero-order chi connectivity index (χ0) is 8.10. The molecule has 11 heavy (non-hydrogen) atoms. The maximum Gasteiger partial charge on any atom is 0.0512 e. The molecule has 0 amide bonds. The van der Waals surface area contributed by atoms with Gasteiger partial charge in [-0.2, -0.15) is 0 Å². The maximum atomic E-state index is 4.43. The van der Waals surface area contributed by atoms with E-state index in [1.165, 1.54) is 12.1 Å². The predicted octanol–water partition coefficient (Wildman–Crippen LogP) is 2.93. The lowest BCUT2D eigenvalue weighted by Crippen LogP contribution is -1.91. The van der Waals surface area contributed by atoms with E-state index in [9.17, 15) is 0 Å². The van der Waals surface area contributed by atoms with Crippen molar-refractivity contribution in [3.8, 4) is 0 Å². The number of halogens is 1. The summed E-state index contributed by atoms with van der Waals surface area (Å²) in [5, 5.41) is 0.852. The normalized spacial score (nSPS) is 10.0. The highest BCUT2D eigenvalue weighted by Crippen LogP contribution is 2.05. The molecule has 0 aliphatic carbocycles. The van der Waals surface area contributed by atoms with Crippen LogP contribution in [0.1, 0.15) is 24.7 Å². The molecular weight excluding hydrogens is 202 g/mol. The smallest absolute Gasteiger partial charge is 0.0512 e. The van der Waals surface area contributed by atoms with Crippen LogP contribution in [-0.4, -0.2) is 4.98 Å². The standard InChI is InChI=1S/C9H12BrN/c1-2-4-8-5-3-6-9(7-10)11-8/h3,5-6H,2,4,7H2,1H3. The van der Waals surface area contributed by atoms with Crippen LogP contribution in [0.3, 0.4) is 0 Å². The Morgan fingerprint density at radius 3 is 2.73 bits per heavy atom. The Morgan fingerprint density at radius 2 is 2.09 bits per heavy atom. The molecule has 0 N–H and O–H groups in total. The molecule has 0 aliphatic heterocycles. The molecule has 0 aromatic carbocycles. The van der Waals surface area contributed by atoms with Crippen LogP contribution in [0, 0.1) is 0 Å². The van der Waals surface area contributed by atoms with Crippen LogP contribution in [0.2, 0.25) is 0 Å². The highest BCUT2D eigenvalue weighted by Gasteiger charge is 1.93. The van der Waals surface area contributed by atoms with E-state index >= 15 is 0 Å². The van der Waals surface area contributed by atoms with Gasteiger partial charge in [0.25, 0.3) is 0 Å². The Bertz CT molecular complexity index is 223. The van der Waals surface area contributed by atoms with Crippen molar-refractivity contribution in [3.05, 3.63) is 29.6 Å². The maximum absolute atomic E-state index is 4.43. The van der Waals surface area contributed by atoms with Crippen molar-refractivity contribution in [3.63, 3.8) is 0 Å². The molecule has 0 atom stereocenters. The van der Waals surface area contributed by atoms with Gasteiger partial charge in [-0.3, -0.25) is 4.98 Å². The van der Waals surface area contributed by atoms with Gasteiger partial charge in [0.05, 0.1) is 5.69 Å². The van der Waals surface area contributed by atoms with Gasteiger partial charge in [-0.25, -0.2) is 0 Å². The molecule has 0 saturated heterocycles. The Balaban J connectivity index is 2.74. The average Bonchev–Trinajstić information content (AvgIpc) is 2.06. The molecule has 0 unspecified atom stereocenters. The molecule has 1 aromatic heterocycles. The summed E-state index contributed by atoms with van der Waals surface area (Å²) in [6.07, 6.45) is 2.25. The second kappa shape index (κ2) is 4.50. The third-order valence-electron chi connectivity index (χ3n) is 1.51. The fourth-order valence-electron chi connectivity index (χ4n) is 0.999. The number of alkyl halides is 1. The number of pyridine rings is 1. The molecule has 0 radical (unpaired) electrons. The molecule has 0 saturated carbocycles. The van der Waals surface area contributed by atoms with Gasteiger partial charge in [0.2, 0.25) is 0 Å². The summed E-state index contributed by atoms with van der Waals surface area (Å²) >= 11 is 3.38. The van der Waals surface area contributed by atoms with Crippen molar-refractivity contribution in [2.24, 2.45) is 0 Å². The van der Waals surface area contributed by atoms with Crippen LogP contribution < -0.4 is 0 Å². The first-order valence-corrected chi connectivity index (χ1v) is 4.99. The fourth-order valence-corrected chi connectivity index (χ4v) is 1.31. The second-order valence-corrected chi connectivity index (χ2v) is 3.06. The van der Waals surface area contributed by atoms with Crippen molar-refractivity contribution < 1.29 is 0 Å². The molecule has 2 heteroatoms. The van der Waals surface area contributed by atoms with Crippen molar-refractivity contribution in [1.29, 1.82) is 0 Å². The highest BCUT2D eigenvalue weighted by atomic mass is 79.9. The summed E-state index contributed by atoms with van der Waals surface area (Å²) in [4.78, 5) is 4.43. The van der Waals surface area contributed by atoms with E-state index < -0.39 is 0 Å². The Hall–Kier alpha value is -0.370. The van der Waals surface area contributed by atoms with Gasteiger partial charge in [-0.1, -0.05) is 35.3 Å². The van der Waals surface area contributed by atoms with Gasteiger partial charge in [-0.05, 0) is 18.6 Å². The van der Waals surface area contributed by atoms with E-state index in [1.807, 2.05) is 6.07 Å². The minimum Gasteiger partial charge on any atom is -0.257 e. The van der Waals surface area contributed by atoms with Gasteiger partial charge in [0, 0.05) is 11.0 Å². The van der Waals surface area contributed by atoms with Crippen LogP contribution in [0.4, 0.5) is 0 Å². The fraction of sp³-hybridized carbons (Fsp3) is 0.444. The number of hydrogen-bond donors (Lipinski definition) is 0. The van der Waals surface area contributed by atoms with Gasteiger partial charge in [0.1, 0.15) is 0 Å². The number of nitrogens with zero attached hydrogens (tertiary/aromatic N) is 1. The quantitative estimate of drug-likeness (QED) is 0.705. The van der Waals surface area contributed by atoms with E-state index in [-0.39, 0.29) is 0 Å².